The van der Waals surface area contributed by atoms with Crippen molar-refractivity contribution in [3.8, 4) is 0 Å². The van der Waals surface area contributed by atoms with Crippen molar-refractivity contribution in [3.63, 3.8) is 0 Å². The van der Waals surface area contributed by atoms with Crippen molar-refractivity contribution in [1.29, 1.82) is 0 Å². The molecule has 0 bridgehead atoms. The van der Waals surface area contributed by atoms with Crippen molar-refractivity contribution < 1.29 is 35.8 Å². The Morgan fingerprint density at radius 2 is 1.82 bits per heavy atom. The molecule has 1 fully saturated rings. The summed E-state index contributed by atoms with van der Waals surface area (Å²) in [5.41, 5.74) is -0.455. The van der Waals surface area contributed by atoms with Gasteiger partial charge in [-0.1, -0.05) is 12.1 Å². The first-order valence-corrected chi connectivity index (χ1v) is 12.9. The van der Waals surface area contributed by atoms with E-state index in [1.165, 1.54) is 6.92 Å². The summed E-state index contributed by atoms with van der Waals surface area (Å²) >= 11 is 0. The highest BCUT2D eigenvalue weighted by atomic mass is 32.2. The van der Waals surface area contributed by atoms with Crippen LogP contribution in [0.4, 0.5) is 20.4 Å². The van der Waals surface area contributed by atoms with Gasteiger partial charge in [0.05, 0.1) is 24.5 Å². The Labute approximate surface area is 189 Å². The smallest absolute Gasteiger partial charge is 0.302 e. The molecule has 0 saturated carbocycles. The molecule has 182 valence electrons. The first kappa shape index (κ1) is 25.2. The number of nitrogens with one attached hydrogen (secondary N) is 2. The van der Waals surface area contributed by atoms with Gasteiger partial charge in [-0.15, -0.1) is 0 Å². The summed E-state index contributed by atoms with van der Waals surface area (Å²) in [6.45, 7) is 1.45. The third-order valence-corrected chi connectivity index (χ3v) is 7.83. The van der Waals surface area contributed by atoms with Gasteiger partial charge in [-0.2, -0.15) is 17.7 Å². The SMILES string of the molecule is C[C@@H](Nc1cc(NS(=O)(=O)N2CCC2)nc(S(=O)(=O)Cc2cccc(F)c2F)n1)[C@@H](O)CO. The fourth-order valence-electron chi connectivity index (χ4n) is 2.83. The van der Waals surface area contributed by atoms with Crippen LogP contribution in [0, 0.1) is 11.6 Å². The van der Waals surface area contributed by atoms with Gasteiger partial charge in [-0.25, -0.2) is 22.2 Å². The number of benzene rings is 1. The van der Waals surface area contributed by atoms with Crippen LogP contribution in [0.2, 0.25) is 0 Å². The molecule has 15 heteroatoms. The minimum atomic E-state index is -4.46. The van der Waals surface area contributed by atoms with Gasteiger partial charge in [-0.3, -0.25) is 4.72 Å². The minimum absolute atomic E-state index is 0.176. The predicted octanol–water partition coefficient (Wildman–Crippen LogP) is 0.245. The van der Waals surface area contributed by atoms with Crippen LogP contribution in [0.3, 0.4) is 0 Å². The van der Waals surface area contributed by atoms with Crippen LogP contribution >= 0.6 is 0 Å². The van der Waals surface area contributed by atoms with Crippen LogP contribution in [-0.4, -0.2) is 73.2 Å². The van der Waals surface area contributed by atoms with Crippen LogP contribution in [0.1, 0.15) is 18.9 Å². The first-order chi connectivity index (χ1) is 15.4. The van der Waals surface area contributed by atoms with E-state index in [9.17, 15) is 30.7 Å². The second-order valence-electron chi connectivity index (χ2n) is 7.44. The molecule has 2 heterocycles. The number of hydrogen-bond acceptors (Lipinski definition) is 9. The molecule has 1 aliphatic heterocycles. The molecule has 1 saturated heterocycles. The van der Waals surface area contributed by atoms with E-state index in [4.69, 9.17) is 5.11 Å². The lowest BCUT2D eigenvalue weighted by Crippen LogP contribution is -2.45. The zero-order chi connectivity index (χ0) is 24.4. The van der Waals surface area contributed by atoms with Crippen molar-refractivity contribution in [2.75, 3.05) is 29.7 Å². The Morgan fingerprint density at radius 3 is 2.42 bits per heavy atom. The Kier molecular flexibility index (Phi) is 7.48. The van der Waals surface area contributed by atoms with Gasteiger partial charge >= 0.3 is 10.2 Å². The minimum Gasteiger partial charge on any atom is -0.394 e. The molecular weight excluding hydrogens is 484 g/mol. The van der Waals surface area contributed by atoms with Crippen LogP contribution in [0.25, 0.3) is 0 Å². The average Bonchev–Trinajstić information content (AvgIpc) is 2.68. The van der Waals surface area contributed by atoms with Gasteiger partial charge in [0.15, 0.2) is 11.6 Å². The number of rotatable bonds is 10. The third-order valence-electron chi connectivity index (χ3n) is 4.89. The highest BCUT2D eigenvalue weighted by molar-refractivity contribution is 7.90. The molecule has 0 unspecified atom stereocenters. The van der Waals surface area contributed by atoms with E-state index in [0.29, 0.717) is 6.42 Å². The standard InChI is InChI=1S/C18H23F2N5O6S2/c1-11(14(27)9-26)21-15-8-16(24-33(30,31)25-6-3-7-25)23-18(22-15)32(28,29)10-12-4-2-5-13(19)17(12)20/h2,4-5,8,11,14,26-27H,3,6-7,9-10H2,1H3,(H2,21,22,23,24)/t11-,14+/m1/s1. The molecule has 2 aromatic rings. The van der Waals surface area contributed by atoms with E-state index in [2.05, 4.69) is 20.0 Å². The van der Waals surface area contributed by atoms with Crippen molar-refractivity contribution in [2.45, 2.75) is 36.4 Å². The lowest BCUT2D eigenvalue weighted by molar-refractivity contribution is 0.0837. The Hall–Kier alpha value is -2.46. The summed E-state index contributed by atoms with van der Waals surface area (Å²) in [4.78, 5) is 7.62. The van der Waals surface area contributed by atoms with E-state index in [1.54, 1.807) is 0 Å². The summed E-state index contributed by atoms with van der Waals surface area (Å²) in [5, 5.41) is 20.7. The van der Waals surface area contributed by atoms with E-state index < -0.39 is 66.9 Å². The maximum Gasteiger partial charge on any atom is 0.302 e. The largest absolute Gasteiger partial charge is 0.394 e. The zero-order valence-electron chi connectivity index (χ0n) is 17.4. The second-order valence-corrected chi connectivity index (χ2v) is 11.0. The molecule has 1 aliphatic rings. The Morgan fingerprint density at radius 1 is 1.15 bits per heavy atom. The van der Waals surface area contributed by atoms with Crippen LogP contribution in [-0.2, 0) is 25.8 Å². The van der Waals surface area contributed by atoms with Crippen molar-refractivity contribution in [1.82, 2.24) is 14.3 Å². The summed E-state index contributed by atoms with van der Waals surface area (Å²) < 4.78 is 81.5. The lowest BCUT2D eigenvalue weighted by atomic mass is 10.2. The van der Waals surface area contributed by atoms with Gasteiger partial charge in [0.25, 0.3) is 5.16 Å². The van der Waals surface area contributed by atoms with Crippen molar-refractivity contribution in [2.24, 2.45) is 0 Å². The van der Waals surface area contributed by atoms with E-state index >= 15 is 0 Å². The number of sulfone groups is 1. The number of anilines is 2. The summed E-state index contributed by atoms with van der Waals surface area (Å²) in [7, 11) is -8.46. The number of hydrogen-bond donors (Lipinski definition) is 4. The average molecular weight is 508 g/mol. The van der Waals surface area contributed by atoms with Gasteiger partial charge in [-0.05, 0) is 19.4 Å². The van der Waals surface area contributed by atoms with Gasteiger partial charge in [0, 0.05) is 24.7 Å². The molecule has 1 aromatic carbocycles. The molecule has 3 rings (SSSR count). The van der Waals surface area contributed by atoms with Gasteiger partial charge in [0.2, 0.25) is 9.84 Å². The van der Waals surface area contributed by atoms with Crippen LogP contribution in [0.5, 0.6) is 0 Å². The van der Waals surface area contributed by atoms with E-state index in [0.717, 1.165) is 28.6 Å². The van der Waals surface area contributed by atoms with Crippen molar-refractivity contribution in [3.05, 3.63) is 41.5 Å². The Balaban J connectivity index is 1.99. The maximum absolute atomic E-state index is 14.0. The number of aliphatic hydroxyl groups excluding tert-OH is 2. The van der Waals surface area contributed by atoms with E-state index in [1.807, 2.05) is 0 Å². The molecule has 1 aromatic heterocycles. The predicted molar refractivity (Wildman–Crippen MR) is 114 cm³/mol. The first-order valence-electron chi connectivity index (χ1n) is 9.81. The molecule has 0 aliphatic carbocycles. The molecular formula is C18H23F2N5O6S2. The fraction of sp³-hybridized carbons (Fsp3) is 0.444. The lowest BCUT2D eigenvalue weighted by Gasteiger charge is -2.29. The van der Waals surface area contributed by atoms with E-state index in [-0.39, 0.29) is 24.7 Å². The van der Waals surface area contributed by atoms with Gasteiger partial charge < -0.3 is 15.5 Å². The number of aromatic nitrogens is 2. The summed E-state index contributed by atoms with van der Waals surface area (Å²) in [6.07, 6.45) is -0.560. The van der Waals surface area contributed by atoms with Gasteiger partial charge in [0.1, 0.15) is 11.6 Å². The quantitative estimate of drug-likeness (QED) is 0.330. The molecule has 2 atom stereocenters. The highest BCUT2D eigenvalue weighted by Gasteiger charge is 2.30. The molecule has 4 N–H and O–H groups in total. The third kappa shape index (κ3) is 5.92. The maximum atomic E-state index is 14.0. The Bertz CT molecular complexity index is 1220. The van der Waals surface area contributed by atoms with Crippen molar-refractivity contribution >= 4 is 31.7 Å². The summed E-state index contributed by atoms with van der Waals surface area (Å²) in [5.74, 6) is -4.11. The molecule has 11 nitrogen and oxygen atoms in total. The monoisotopic (exact) mass is 507 g/mol. The van der Waals surface area contributed by atoms with Crippen LogP contribution < -0.4 is 10.0 Å². The van der Waals surface area contributed by atoms with Crippen LogP contribution in [0.15, 0.2) is 29.4 Å². The second kappa shape index (κ2) is 9.80. The number of nitrogens with zero attached hydrogens (tertiary/aromatic N) is 3. The number of aliphatic hydroxyl groups is 2. The zero-order valence-corrected chi connectivity index (χ0v) is 19.1. The normalized spacial score (nSPS) is 16.6. The summed E-state index contributed by atoms with van der Waals surface area (Å²) in [6, 6.07) is 3.38. The number of halogens is 2. The molecule has 33 heavy (non-hydrogen) atoms. The molecule has 0 radical (unpaired) electrons. The molecule has 0 amide bonds. The molecule has 0 spiro atoms. The highest BCUT2D eigenvalue weighted by Crippen LogP contribution is 2.23. The topological polar surface area (TPSA) is 162 Å². The fourth-order valence-corrected chi connectivity index (χ4v) is 5.30.